The van der Waals surface area contributed by atoms with Crippen LogP contribution in [-0.4, -0.2) is 50.5 Å². The first-order chi connectivity index (χ1) is 13.8. The van der Waals surface area contributed by atoms with E-state index in [1.807, 2.05) is 16.8 Å². The Morgan fingerprint density at radius 1 is 1.00 bits per heavy atom. The Bertz CT molecular complexity index is 986. The quantitative estimate of drug-likeness (QED) is 0.664. The van der Waals surface area contributed by atoms with E-state index in [1.54, 1.807) is 12.4 Å². The van der Waals surface area contributed by atoms with Gasteiger partial charge in [0.05, 0.1) is 26.2 Å². The maximum Gasteiger partial charge on any atom is 0.225 e. The predicted molar refractivity (Wildman–Crippen MR) is 109 cm³/mol. The Kier molecular flexibility index (Phi) is 4.66. The van der Waals surface area contributed by atoms with Crippen molar-refractivity contribution in [3.63, 3.8) is 0 Å². The summed E-state index contributed by atoms with van der Waals surface area (Å²) in [5, 5.41) is 4.94. The van der Waals surface area contributed by atoms with Gasteiger partial charge in [-0.15, -0.1) is 0 Å². The van der Waals surface area contributed by atoms with Crippen molar-refractivity contribution in [3.05, 3.63) is 59.4 Å². The van der Waals surface area contributed by atoms with Crippen molar-refractivity contribution in [1.82, 2.24) is 24.3 Å². The Labute approximate surface area is 169 Å². The van der Waals surface area contributed by atoms with E-state index in [9.17, 15) is 0 Å². The number of para-hydroxylation sites is 1. The number of benzene rings is 1. The molecule has 2 aliphatic rings. The zero-order chi connectivity index (χ0) is 18.9. The number of hydrogen-bond donors (Lipinski definition) is 1. The molecule has 0 bridgehead atoms. The number of nitrogens with zero attached hydrogens (tertiary/aromatic N) is 6. The maximum absolute atomic E-state index is 5.83. The fourth-order valence-corrected chi connectivity index (χ4v) is 4.10. The molecule has 7 nitrogen and oxygen atoms in total. The van der Waals surface area contributed by atoms with Gasteiger partial charge < -0.3 is 9.80 Å². The minimum atomic E-state index is 0.547. The highest BCUT2D eigenvalue weighted by molar-refractivity contribution is 7.71. The Hall–Kier alpha value is -2.58. The molecule has 8 heteroatoms. The van der Waals surface area contributed by atoms with Gasteiger partial charge in [-0.05, 0) is 43.3 Å². The van der Waals surface area contributed by atoms with Crippen LogP contribution in [0.3, 0.4) is 0 Å². The van der Waals surface area contributed by atoms with E-state index in [4.69, 9.17) is 17.3 Å². The second-order valence-corrected chi connectivity index (χ2v) is 7.89. The van der Waals surface area contributed by atoms with Crippen molar-refractivity contribution >= 4 is 18.2 Å². The van der Waals surface area contributed by atoms with Gasteiger partial charge in [0.1, 0.15) is 5.82 Å². The third kappa shape index (κ3) is 3.45. The molecule has 0 amide bonds. The van der Waals surface area contributed by atoms with Gasteiger partial charge in [0.2, 0.25) is 10.7 Å². The van der Waals surface area contributed by atoms with Crippen LogP contribution in [0.15, 0.2) is 48.8 Å². The van der Waals surface area contributed by atoms with Gasteiger partial charge in [0.15, 0.2) is 6.67 Å². The molecule has 1 aliphatic carbocycles. The van der Waals surface area contributed by atoms with Gasteiger partial charge in [0, 0.05) is 24.0 Å². The molecule has 1 N–H and O–H groups in total. The van der Waals surface area contributed by atoms with Crippen LogP contribution in [0, 0.1) is 4.77 Å². The van der Waals surface area contributed by atoms with Crippen molar-refractivity contribution in [2.45, 2.75) is 25.4 Å². The number of nitrogens with one attached hydrogen (secondary N) is 1. The second kappa shape index (κ2) is 7.44. The molecule has 144 valence electrons. The van der Waals surface area contributed by atoms with Crippen LogP contribution in [-0.2, 0) is 6.67 Å². The summed E-state index contributed by atoms with van der Waals surface area (Å²) in [5.74, 6) is 2.49. The molecule has 28 heavy (non-hydrogen) atoms. The first-order valence-electron chi connectivity index (χ1n) is 9.90. The summed E-state index contributed by atoms with van der Waals surface area (Å²) in [6.45, 7) is 4.75. The lowest BCUT2D eigenvalue weighted by Gasteiger charge is -2.31. The minimum absolute atomic E-state index is 0.547. The lowest BCUT2D eigenvalue weighted by molar-refractivity contribution is -0.924. The van der Waals surface area contributed by atoms with Gasteiger partial charge in [-0.3, -0.25) is 4.57 Å². The lowest BCUT2D eigenvalue weighted by Crippen LogP contribution is -3.14. The van der Waals surface area contributed by atoms with Crippen LogP contribution in [0.2, 0.25) is 0 Å². The number of piperazine rings is 1. The van der Waals surface area contributed by atoms with Crippen LogP contribution < -0.4 is 9.80 Å². The summed E-state index contributed by atoms with van der Waals surface area (Å²) in [5.41, 5.74) is 1.11. The Morgan fingerprint density at radius 2 is 1.71 bits per heavy atom. The van der Waals surface area contributed by atoms with Gasteiger partial charge in [0.25, 0.3) is 0 Å². The van der Waals surface area contributed by atoms with Crippen molar-refractivity contribution in [2.24, 2.45) is 0 Å². The van der Waals surface area contributed by atoms with Crippen molar-refractivity contribution in [2.75, 3.05) is 31.1 Å². The number of anilines is 1. The van der Waals surface area contributed by atoms with E-state index >= 15 is 0 Å². The highest BCUT2D eigenvalue weighted by Gasteiger charge is 2.31. The fraction of sp³-hybridized carbons (Fsp3) is 0.400. The zero-order valence-electron chi connectivity index (χ0n) is 15.7. The van der Waals surface area contributed by atoms with Gasteiger partial charge in [-0.25, -0.2) is 9.97 Å². The van der Waals surface area contributed by atoms with E-state index in [1.165, 1.54) is 17.7 Å². The summed E-state index contributed by atoms with van der Waals surface area (Å²) < 4.78 is 5.00. The fourth-order valence-electron chi connectivity index (χ4n) is 3.80. The Morgan fingerprint density at radius 3 is 2.39 bits per heavy atom. The smallest absolute Gasteiger partial charge is 0.225 e. The van der Waals surface area contributed by atoms with Crippen LogP contribution >= 0.6 is 12.2 Å². The van der Waals surface area contributed by atoms with Gasteiger partial charge >= 0.3 is 0 Å². The summed E-state index contributed by atoms with van der Waals surface area (Å²) in [6, 6.07) is 12.2. The van der Waals surface area contributed by atoms with E-state index in [-0.39, 0.29) is 0 Å². The SMILES string of the molecule is S=c1n(C[NH+]2CCN(c3ncccn3)CC2)nc(C2CC2)n1-c1ccccc1. The third-order valence-corrected chi connectivity index (χ3v) is 5.89. The molecule has 1 aliphatic heterocycles. The molecular weight excluding hydrogens is 370 g/mol. The van der Waals surface area contributed by atoms with Crippen LogP contribution in [0.4, 0.5) is 5.95 Å². The summed E-state index contributed by atoms with van der Waals surface area (Å²) in [7, 11) is 0. The molecule has 1 saturated heterocycles. The van der Waals surface area contributed by atoms with Crippen molar-refractivity contribution in [3.8, 4) is 5.69 Å². The van der Waals surface area contributed by atoms with Gasteiger partial charge in [-0.1, -0.05) is 18.2 Å². The highest BCUT2D eigenvalue weighted by Crippen LogP contribution is 2.40. The number of rotatable bonds is 5. The van der Waals surface area contributed by atoms with E-state index in [0.717, 1.165) is 55.1 Å². The summed E-state index contributed by atoms with van der Waals surface area (Å²) >= 11 is 5.83. The second-order valence-electron chi connectivity index (χ2n) is 7.53. The predicted octanol–water partition coefficient (Wildman–Crippen LogP) is 1.43. The number of hydrogen-bond acceptors (Lipinski definition) is 5. The van der Waals surface area contributed by atoms with Crippen LogP contribution in [0.5, 0.6) is 0 Å². The highest BCUT2D eigenvalue weighted by atomic mass is 32.1. The first kappa shape index (κ1) is 17.5. The van der Waals surface area contributed by atoms with Crippen molar-refractivity contribution < 1.29 is 4.90 Å². The molecule has 0 unspecified atom stereocenters. The molecule has 1 aromatic carbocycles. The third-order valence-electron chi connectivity index (χ3n) is 5.50. The maximum atomic E-state index is 5.83. The molecular formula is C20H24N7S+. The molecule has 1 saturated carbocycles. The largest absolute Gasteiger partial charge is 0.330 e. The molecule has 2 fully saturated rings. The molecule has 0 atom stereocenters. The van der Waals surface area contributed by atoms with Gasteiger partial charge in [-0.2, -0.15) is 9.78 Å². The number of quaternary nitrogens is 1. The summed E-state index contributed by atoms with van der Waals surface area (Å²) in [6.07, 6.45) is 6.02. The van der Waals surface area contributed by atoms with E-state index in [0.29, 0.717) is 5.92 Å². The number of aromatic nitrogens is 5. The molecule has 2 aromatic heterocycles. The average molecular weight is 395 g/mol. The topological polar surface area (TPSA) is 56.2 Å². The zero-order valence-corrected chi connectivity index (χ0v) is 16.6. The molecule has 5 rings (SSSR count). The van der Waals surface area contributed by atoms with Crippen LogP contribution in [0.1, 0.15) is 24.6 Å². The minimum Gasteiger partial charge on any atom is -0.330 e. The van der Waals surface area contributed by atoms with E-state index in [2.05, 4.69) is 43.7 Å². The normalized spacial score (nSPS) is 17.8. The van der Waals surface area contributed by atoms with E-state index < -0.39 is 0 Å². The molecule has 3 heterocycles. The molecule has 0 spiro atoms. The molecule has 0 radical (unpaired) electrons. The van der Waals surface area contributed by atoms with Crippen LogP contribution in [0.25, 0.3) is 5.69 Å². The van der Waals surface area contributed by atoms with Crippen molar-refractivity contribution in [1.29, 1.82) is 0 Å². The Balaban J connectivity index is 1.33. The lowest BCUT2D eigenvalue weighted by atomic mass is 10.3. The molecule has 3 aromatic rings. The standard InChI is InChI=1S/C20H23N7S/c28-20-26(15-24-11-13-25(14-12-24)19-21-9-4-10-22-19)23-18(16-7-8-16)27(20)17-5-2-1-3-6-17/h1-6,9-10,16H,7-8,11-15H2/p+1. The first-order valence-corrected chi connectivity index (χ1v) is 10.3. The average Bonchev–Trinajstić information content (AvgIpc) is 3.55. The monoisotopic (exact) mass is 394 g/mol. The summed E-state index contributed by atoms with van der Waals surface area (Å²) in [4.78, 5) is 12.5.